The number of nitro groups is 1. The standard InChI is InChI=1S/C14H8Br3N3O3S/c15-7-5-9(16)12(10(17)6-7)18-14(24)19-13(21)8-3-1-2-4-11(8)20(22)23/h1-6H,(H2,18,19,21,24). The number of nitro benzene ring substituents is 1. The second-order valence-corrected chi connectivity index (χ2v) is 7.46. The molecule has 0 aliphatic rings. The number of carbonyl (C=O) groups excluding carboxylic acids is 1. The van der Waals surface area contributed by atoms with E-state index in [1.54, 1.807) is 18.2 Å². The van der Waals surface area contributed by atoms with Crippen LogP contribution in [0.15, 0.2) is 49.8 Å². The summed E-state index contributed by atoms with van der Waals surface area (Å²) in [6, 6.07) is 9.26. The van der Waals surface area contributed by atoms with E-state index in [4.69, 9.17) is 12.2 Å². The fourth-order valence-corrected chi connectivity index (χ4v) is 4.45. The number of thiocarbonyl (C=S) groups is 1. The second kappa shape index (κ2) is 8.15. The van der Waals surface area contributed by atoms with Crippen LogP contribution in [0.25, 0.3) is 0 Å². The third kappa shape index (κ3) is 4.59. The number of carbonyl (C=O) groups is 1. The Kier molecular flexibility index (Phi) is 6.44. The Morgan fingerprint density at radius 1 is 1.12 bits per heavy atom. The zero-order valence-electron chi connectivity index (χ0n) is 11.7. The van der Waals surface area contributed by atoms with Crippen molar-refractivity contribution in [3.05, 3.63) is 65.5 Å². The minimum Gasteiger partial charge on any atom is -0.331 e. The number of hydrogen-bond donors (Lipinski definition) is 2. The number of nitrogens with one attached hydrogen (secondary N) is 2. The van der Waals surface area contributed by atoms with Gasteiger partial charge in [-0.2, -0.15) is 0 Å². The van der Waals surface area contributed by atoms with Crippen molar-refractivity contribution in [2.45, 2.75) is 0 Å². The van der Waals surface area contributed by atoms with E-state index in [0.29, 0.717) is 14.6 Å². The summed E-state index contributed by atoms with van der Waals surface area (Å²) in [7, 11) is 0. The van der Waals surface area contributed by atoms with Crippen molar-refractivity contribution in [2.24, 2.45) is 0 Å². The molecule has 0 unspecified atom stereocenters. The molecule has 2 rings (SSSR count). The third-order valence-electron chi connectivity index (χ3n) is 2.82. The molecule has 0 saturated carbocycles. The summed E-state index contributed by atoms with van der Waals surface area (Å²) >= 11 is 15.2. The van der Waals surface area contributed by atoms with Gasteiger partial charge in [0.25, 0.3) is 11.6 Å². The minimum absolute atomic E-state index is 0.0156. The maximum atomic E-state index is 12.2. The van der Waals surface area contributed by atoms with Crippen LogP contribution in [0.2, 0.25) is 0 Å². The lowest BCUT2D eigenvalue weighted by Gasteiger charge is -2.13. The first-order valence-corrected chi connectivity index (χ1v) is 9.08. The summed E-state index contributed by atoms with van der Waals surface area (Å²) in [5, 5.41) is 16.3. The molecule has 0 fully saturated rings. The molecule has 0 bridgehead atoms. The molecule has 124 valence electrons. The largest absolute Gasteiger partial charge is 0.331 e. The van der Waals surface area contributed by atoms with Crippen LogP contribution in [-0.4, -0.2) is 15.9 Å². The van der Waals surface area contributed by atoms with E-state index < -0.39 is 10.8 Å². The molecule has 10 heteroatoms. The normalized spacial score (nSPS) is 10.1. The number of para-hydroxylation sites is 1. The lowest BCUT2D eigenvalue weighted by atomic mass is 10.1. The highest BCUT2D eigenvalue weighted by Gasteiger charge is 2.20. The van der Waals surface area contributed by atoms with Crippen LogP contribution in [0.4, 0.5) is 11.4 Å². The Morgan fingerprint density at radius 3 is 2.29 bits per heavy atom. The SMILES string of the molecule is O=C(NC(=S)Nc1c(Br)cc(Br)cc1Br)c1ccccc1[N+](=O)[O-]. The minimum atomic E-state index is -0.663. The van der Waals surface area contributed by atoms with Crippen LogP contribution in [-0.2, 0) is 0 Å². The van der Waals surface area contributed by atoms with E-state index in [2.05, 4.69) is 58.4 Å². The lowest BCUT2D eigenvalue weighted by Crippen LogP contribution is -2.34. The number of rotatable bonds is 3. The van der Waals surface area contributed by atoms with Crippen molar-refractivity contribution in [1.82, 2.24) is 5.32 Å². The highest BCUT2D eigenvalue weighted by molar-refractivity contribution is 9.11. The van der Waals surface area contributed by atoms with Crippen LogP contribution in [0.3, 0.4) is 0 Å². The average Bonchev–Trinajstić information content (AvgIpc) is 2.50. The number of anilines is 1. The van der Waals surface area contributed by atoms with E-state index in [1.807, 2.05) is 0 Å². The Bertz CT molecular complexity index is 822. The van der Waals surface area contributed by atoms with E-state index in [1.165, 1.54) is 18.2 Å². The zero-order valence-corrected chi connectivity index (χ0v) is 17.3. The maximum Gasteiger partial charge on any atom is 0.282 e. The van der Waals surface area contributed by atoms with Crippen LogP contribution < -0.4 is 10.6 Å². The highest BCUT2D eigenvalue weighted by atomic mass is 79.9. The molecule has 6 nitrogen and oxygen atoms in total. The van der Waals surface area contributed by atoms with Gasteiger partial charge in [0, 0.05) is 19.5 Å². The second-order valence-electron chi connectivity index (χ2n) is 4.43. The first kappa shape index (κ1) is 19.0. The van der Waals surface area contributed by atoms with Crippen molar-refractivity contribution >= 4 is 82.4 Å². The van der Waals surface area contributed by atoms with Crippen molar-refractivity contribution in [3.8, 4) is 0 Å². The van der Waals surface area contributed by atoms with Crippen LogP contribution >= 0.6 is 60.0 Å². The van der Waals surface area contributed by atoms with Gasteiger partial charge in [-0.15, -0.1) is 0 Å². The summed E-state index contributed by atoms with van der Waals surface area (Å²) in [6.07, 6.45) is 0. The molecule has 0 aliphatic heterocycles. The Balaban J connectivity index is 2.16. The molecule has 0 spiro atoms. The molecule has 0 saturated heterocycles. The molecular formula is C14H8Br3N3O3S. The van der Waals surface area contributed by atoms with Crippen LogP contribution in [0.5, 0.6) is 0 Å². The summed E-state index contributed by atoms with van der Waals surface area (Å²) in [4.78, 5) is 22.6. The van der Waals surface area contributed by atoms with Crippen LogP contribution in [0.1, 0.15) is 10.4 Å². The predicted molar refractivity (Wildman–Crippen MR) is 106 cm³/mol. The van der Waals surface area contributed by atoms with Gasteiger partial charge in [0.2, 0.25) is 0 Å². The first-order chi connectivity index (χ1) is 11.3. The van der Waals surface area contributed by atoms with Crippen molar-refractivity contribution in [3.63, 3.8) is 0 Å². The molecule has 0 aromatic heterocycles. The molecule has 2 N–H and O–H groups in total. The molecule has 0 heterocycles. The Labute approximate surface area is 167 Å². The lowest BCUT2D eigenvalue weighted by molar-refractivity contribution is -0.385. The Hall–Kier alpha value is -1.36. The van der Waals surface area contributed by atoms with Gasteiger partial charge < -0.3 is 5.32 Å². The van der Waals surface area contributed by atoms with Gasteiger partial charge in [-0.05, 0) is 62.3 Å². The molecule has 0 radical (unpaired) electrons. The summed E-state index contributed by atoms with van der Waals surface area (Å²) in [5.74, 6) is -0.663. The zero-order chi connectivity index (χ0) is 17.9. The van der Waals surface area contributed by atoms with E-state index in [9.17, 15) is 14.9 Å². The maximum absolute atomic E-state index is 12.2. The van der Waals surface area contributed by atoms with Crippen molar-refractivity contribution < 1.29 is 9.72 Å². The molecule has 2 aromatic carbocycles. The van der Waals surface area contributed by atoms with E-state index >= 15 is 0 Å². The fourth-order valence-electron chi connectivity index (χ4n) is 1.80. The molecular weight excluding hydrogens is 530 g/mol. The van der Waals surface area contributed by atoms with Crippen molar-refractivity contribution in [1.29, 1.82) is 0 Å². The fraction of sp³-hybridized carbons (Fsp3) is 0. The van der Waals surface area contributed by atoms with Gasteiger partial charge >= 0.3 is 0 Å². The number of benzene rings is 2. The van der Waals surface area contributed by atoms with Gasteiger partial charge in [-0.3, -0.25) is 20.2 Å². The number of halogens is 3. The number of hydrogen-bond acceptors (Lipinski definition) is 4. The molecule has 1 amide bonds. The quantitative estimate of drug-likeness (QED) is 0.327. The summed E-state index contributed by atoms with van der Waals surface area (Å²) < 4.78 is 2.28. The van der Waals surface area contributed by atoms with Crippen molar-refractivity contribution in [2.75, 3.05) is 5.32 Å². The molecule has 0 aliphatic carbocycles. The average molecular weight is 538 g/mol. The van der Waals surface area contributed by atoms with Gasteiger partial charge in [-0.1, -0.05) is 28.1 Å². The van der Waals surface area contributed by atoms with E-state index in [0.717, 1.165) is 4.47 Å². The molecule has 0 atom stereocenters. The number of amides is 1. The third-order valence-corrected chi connectivity index (χ3v) is 4.73. The van der Waals surface area contributed by atoms with Crippen LogP contribution in [0, 0.1) is 10.1 Å². The topological polar surface area (TPSA) is 84.3 Å². The van der Waals surface area contributed by atoms with E-state index in [-0.39, 0.29) is 16.4 Å². The predicted octanol–water partition coefficient (Wildman–Crippen LogP) is 5.01. The smallest absolute Gasteiger partial charge is 0.282 e. The first-order valence-electron chi connectivity index (χ1n) is 6.30. The van der Waals surface area contributed by atoms with Gasteiger partial charge in [-0.25, -0.2) is 0 Å². The van der Waals surface area contributed by atoms with Gasteiger partial charge in [0.1, 0.15) is 5.56 Å². The molecule has 24 heavy (non-hydrogen) atoms. The van der Waals surface area contributed by atoms with Gasteiger partial charge in [0.15, 0.2) is 5.11 Å². The van der Waals surface area contributed by atoms with Gasteiger partial charge in [0.05, 0.1) is 10.6 Å². The monoisotopic (exact) mass is 535 g/mol. The molecule has 2 aromatic rings. The summed E-state index contributed by atoms with van der Waals surface area (Å²) in [5.41, 5.74) is 0.260. The highest BCUT2D eigenvalue weighted by Crippen LogP contribution is 2.34. The number of nitrogens with zero attached hydrogens (tertiary/aromatic N) is 1. The Morgan fingerprint density at radius 2 is 1.71 bits per heavy atom. The summed E-state index contributed by atoms with van der Waals surface area (Å²) in [6.45, 7) is 0.